The second kappa shape index (κ2) is 6.53. The number of nitrogen functional groups attached to an aromatic ring is 1. The normalized spacial score (nSPS) is 10.1. The van der Waals surface area contributed by atoms with Gasteiger partial charge in [-0.3, -0.25) is 4.79 Å². The second-order valence-electron chi connectivity index (χ2n) is 4.22. The molecule has 0 spiro atoms. The number of benzene rings is 1. The Kier molecular flexibility index (Phi) is 4.52. The molecule has 6 nitrogen and oxygen atoms in total. The molecule has 5 N–H and O–H groups in total. The van der Waals surface area contributed by atoms with Gasteiger partial charge in [0.15, 0.2) is 0 Å². The van der Waals surface area contributed by atoms with Crippen LogP contribution >= 0.6 is 0 Å². The molecule has 2 rings (SSSR count). The standard InChI is InChI=1S/C14H16N4O2/c15-18-13-3-1-2-12(17-13)14(20)16-9-8-10-4-6-11(19)7-5-10/h1-7,19H,8-9,15H2,(H,16,20)(H,17,18). The fourth-order valence-electron chi connectivity index (χ4n) is 1.72. The van der Waals surface area contributed by atoms with Gasteiger partial charge in [0.2, 0.25) is 0 Å². The van der Waals surface area contributed by atoms with Gasteiger partial charge in [0.25, 0.3) is 5.91 Å². The molecule has 0 aliphatic heterocycles. The van der Waals surface area contributed by atoms with E-state index >= 15 is 0 Å². The number of anilines is 1. The van der Waals surface area contributed by atoms with Gasteiger partial charge in [0, 0.05) is 6.54 Å². The van der Waals surface area contributed by atoms with E-state index in [0.29, 0.717) is 24.5 Å². The molecule has 1 aromatic heterocycles. The molecular formula is C14H16N4O2. The van der Waals surface area contributed by atoms with Crippen molar-refractivity contribution >= 4 is 11.7 Å². The number of carbonyl (C=O) groups excluding carboxylic acids is 1. The molecule has 6 heteroatoms. The lowest BCUT2D eigenvalue weighted by molar-refractivity contribution is 0.0949. The van der Waals surface area contributed by atoms with Crippen LogP contribution in [0.3, 0.4) is 0 Å². The van der Waals surface area contributed by atoms with E-state index in [1.54, 1.807) is 30.3 Å². The number of nitrogens with zero attached hydrogens (tertiary/aromatic N) is 1. The van der Waals surface area contributed by atoms with Crippen LogP contribution in [0.25, 0.3) is 0 Å². The van der Waals surface area contributed by atoms with Gasteiger partial charge in [0.05, 0.1) is 0 Å². The number of nitrogens with two attached hydrogens (primary N) is 1. The van der Waals surface area contributed by atoms with E-state index in [0.717, 1.165) is 5.56 Å². The fraction of sp³-hybridized carbons (Fsp3) is 0.143. The van der Waals surface area contributed by atoms with E-state index in [4.69, 9.17) is 5.84 Å². The van der Waals surface area contributed by atoms with Crippen molar-refractivity contribution in [2.45, 2.75) is 6.42 Å². The number of aromatic hydroxyl groups is 1. The maximum Gasteiger partial charge on any atom is 0.269 e. The average molecular weight is 272 g/mol. The number of hydrogen-bond donors (Lipinski definition) is 4. The van der Waals surface area contributed by atoms with Gasteiger partial charge in [-0.05, 0) is 36.2 Å². The molecule has 0 saturated heterocycles. The van der Waals surface area contributed by atoms with E-state index in [9.17, 15) is 9.90 Å². The van der Waals surface area contributed by atoms with Crippen molar-refractivity contribution in [1.82, 2.24) is 10.3 Å². The molecular weight excluding hydrogens is 256 g/mol. The van der Waals surface area contributed by atoms with Crippen LogP contribution in [0.15, 0.2) is 42.5 Å². The predicted molar refractivity (Wildman–Crippen MR) is 76.2 cm³/mol. The third-order valence-electron chi connectivity index (χ3n) is 2.77. The zero-order valence-electron chi connectivity index (χ0n) is 10.8. The molecule has 0 aliphatic rings. The summed E-state index contributed by atoms with van der Waals surface area (Å²) in [6.07, 6.45) is 0.681. The highest BCUT2D eigenvalue weighted by atomic mass is 16.3. The average Bonchev–Trinajstić information content (AvgIpc) is 2.49. The Morgan fingerprint density at radius 2 is 1.95 bits per heavy atom. The Bertz CT molecular complexity index is 584. The molecule has 20 heavy (non-hydrogen) atoms. The largest absolute Gasteiger partial charge is 0.508 e. The Hall–Kier alpha value is -2.60. The van der Waals surface area contributed by atoms with Gasteiger partial charge in [-0.2, -0.15) is 0 Å². The summed E-state index contributed by atoms with van der Waals surface area (Å²) >= 11 is 0. The summed E-state index contributed by atoms with van der Waals surface area (Å²) in [5.41, 5.74) is 3.74. The smallest absolute Gasteiger partial charge is 0.269 e. The quantitative estimate of drug-likeness (QED) is 0.481. The van der Waals surface area contributed by atoms with Crippen molar-refractivity contribution in [1.29, 1.82) is 0 Å². The number of hydrazine groups is 1. The highest BCUT2D eigenvalue weighted by Crippen LogP contribution is 2.09. The third kappa shape index (κ3) is 3.69. The van der Waals surface area contributed by atoms with Crippen LogP contribution in [-0.2, 0) is 6.42 Å². The van der Waals surface area contributed by atoms with Crippen molar-refractivity contribution in [3.05, 3.63) is 53.7 Å². The Balaban J connectivity index is 1.87. The van der Waals surface area contributed by atoms with Gasteiger partial charge >= 0.3 is 0 Å². The lowest BCUT2D eigenvalue weighted by Gasteiger charge is -2.06. The Morgan fingerprint density at radius 3 is 2.65 bits per heavy atom. The Morgan fingerprint density at radius 1 is 1.20 bits per heavy atom. The summed E-state index contributed by atoms with van der Waals surface area (Å²) in [5.74, 6) is 5.66. The predicted octanol–water partition coefficient (Wildman–Crippen LogP) is 1.05. The molecule has 1 amide bonds. The number of carbonyl (C=O) groups is 1. The lowest BCUT2D eigenvalue weighted by atomic mass is 10.1. The van der Waals surface area contributed by atoms with E-state index in [-0.39, 0.29) is 11.7 Å². The fourth-order valence-corrected chi connectivity index (χ4v) is 1.72. The number of phenols is 1. The first kappa shape index (κ1) is 13.8. The topological polar surface area (TPSA) is 100 Å². The van der Waals surface area contributed by atoms with E-state index in [1.807, 2.05) is 12.1 Å². The molecule has 0 bridgehead atoms. The van der Waals surface area contributed by atoms with Gasteiger partial charge in [0.1, 0.15) is 17.3 Å². The van der Waals surface area contributed by atoms with Gasteiger partial charge < -0.3 is 15.8 Å². The third-order valence-corrected chi connectivity index (χ3v) is 2.77. The molecule has 1 heterocycles. The minimum atomic E-state index is -0.249. The number of phenolic OH excluding ortho intramolecular Hbond substituents is 1. The maximum absolute atomic E-state index is 11.9. The molecule has 0 atom stereocenters. The summed E-state index contributed by atoms with van der Waals surface area (Å²) in [5, 5.41) is 12.0. The molecule has 2 aromatic rings. The van der Waals surface area contributed by atoms with Crippen molar-refractivity contribution in [2.75, 3.05) is 12.0 Å². The van der Waals surface area contributed by atoms with Crippen LogP contribution in [0.5, 0.6) is 5.75 Å². The van der Waals surface area contributed by atoms with Crippen LogP contribution in [-0.4, -0.2) is 22.5 Å². The molecule has 0 unspecified atom stereocenters. The summed E-state index contributed by atoms with van der Waals surface area (Å²) in [4.78, 5) is 15.9. The zero-order chi connectivity index (χ0) is 14.4. The minimum Gasteiger partial charge on any atom is -0.508 e. The van der Waals surface area contributed by atoms with Crippen LogP contribution in [0, 0.1) is 0 Å². The minimum absolute atomic E-state index is 0.230. The number of rotatable bonds is 5. The summed E-state index contributed by atoms with van der Waals surface area (Å²) in [7, 11) is 0. The van der Waals surface area contributed by atoms with Gasteiger partial charge in [-0.25, -0.2) is 10.8 Å². The zero-order valence-corrected chi connectivity index (χ0v) is 10.8. The first-order valence-electron chi connectivity index (χ1n) is 6.19. The maximum atomic E-state index is 11.9. The van der Waals surface area contributed by atoms with E-state index < -0.39 is 0 Å². The number of aromatic nitrogens is 1. The van der Waals surface area contributed by atoms with Crippen molar-refractivity contribution in [3.63, 3.8) is 0 Å². The van der Waals surface area contributed by atoms with E-state index in [1.165, 1.54) is 0 Å². The van der Waals surface area contributed by atoms with Crippen molar-refractivity contribution in [2.24, 2.45) is 5.84 Å². The highest BCUT2D eigenvalue weighted by molar-refractivity contribution is 5.92. The van der Waals surface area contributed by atoms with Crippen molar-refractivity contribution in [3.8, 4) is 5.75 Å². The second-order valence-corrected chi connectivity index (χ2v) is 4.22. The molecule has 104 valence electrons. The van der Waals surface area contributed by atoms with Crippen LogP contribution in [0.4, 0.5) is 5.82 Å². The summed E-state index contributed by atoms with van der Waals surface area (Å²) < 4.78 is 0. The first-order chi connectivity index (χ1) is 9.69. The highest BCUT2D eigenvalue weighted by Gasteiger charge is 2.07. The SMILES string of the molecule is NNc1cccc(C(=O)NCCc2ccc(O)cc2)n1. The van der Waals surface area contributed by atoms with Gasteiger partial charge in [-0.15, -0.1) is 0 Å². The number of pyridine rings is 1. The number of amides is 1. The summed E-state index contributed by atoms with van der Waals surface area (Å²) in [6, 6.07) is 11.9. The number of nitrogens with one attached hydrogen (secondary N) is 2. The molecule has 0 aliphatic carbocycles. The van der Waals surface area contributed by atoms with E-state index in [2.05, 4.69) is 15.7 Å². The molecule has 0 fully saturated rings. The molecule has 1 aromatic carbocycles. The lowest BCUT2D eigenvalue weighted by Crippen LogP contribution is -2.26. The molecule has 0 radical (unpaired) electrons. The van der Waals surface area contributed by atoms with Gasteiger partial charge in [-0.1, -0.05) is 18.2 Å². The Labute approximate surface area is 116 Å². The number of hydrogen-bond acceptors (Lipinski definition) is 5. The van der Waals surface area contributed by atoms with Crippen LogP contribution < -0.4 is 16.6 Å². The van der Waals surface area contributed by atoms with Crippen LogP contribution in [0.1, 0.15) is 16.1 Å². The van der Waals surface area contributed by atoms with Crippen LogP contribution in [0.2, 0.25) is 0 Å². The summed E-state index contributed by atoms with van der Waals surface area (Å²) in [6.45, 7) is 0.492. The monoisotopic (exact) mass is 272 g/mol. The van der Waals surface area contributed by atoms with Crippen molar-refractivity contribution < 1.29 is 9.90 Å². The first-order valence-corrected chi connectivity index (χ1v) is 6.19. The molecule has 0 saturated carbocycles.